The predicted octanol–water partition coefficient (Wildman–Crippen LogP) is 1.19. The molecule has 3 heterocycles. The van der Waals surface area contributed by atoms with E-state index in [1.54, 1.807) is 0 Å². The predicted molar refractivity (Wildman–Crippen MR) is 69.9 cm³/mol. The first-order chi connectivity index (χ1) is 9.62. The van der Waals surface area contributed by atoms with Crippen LogP contribution in [0, 0.1) is 11.8 Å². The number of fused-ring (bicyclic) bond motifs is 1. The van der Waals surface area contributed by atoms with E-state index in [1.165, 1.54) is 6.42 Å². The Balaban J connectivity index is 1.65. The fourth-order valence-electron chi connectivity index (χ4n) is 4.51. The third kappa shape index (κ3) is 1.47. The zero-order chi connectivity index (χ0) is 13.9. The van der Waals surface area contributed by atoms with E-state index in [4.69, 9.17) is 4.74 Å². The highest BCUT2D eigenvalue weighted by Gasteiger charge is 2.67. The molecule has 20 heavy (non-hydrogen) atoms. The summed E-state index contributed by atoms with van der Waals surface area (Å²) in [6, 6.07) is 0.279. The van der Waals surface area contributed by atoms with E-state index in [2.05, 4.69) is 0 Å². The molecule has 3 aliphatic heterocycles. The van der Waals surface area contributed by atoms with E-state index >= 15 is 0 Å². The molecule has 4 rings (SSSR count). The largest absolute Gasteiger partial charge is 0.481 e. The molecular formula is C15H19NO4. The van der Waals surface area contributed by atoms with E-state index in [0.717, 1.165) is 25.7 Å². The molecule has 4 atom stereocenters. The van der Waals surface area contributed by atoms with Crippen molar-refractivity contribution in [3.8, 4) is 0 Å². The summed E-state index contributed by atoms with van der Waals surface area (Å²) in [4.78, 5) is 26.1. The minimum Gasteiger partial charge on any atom is -0.481 e. The normalized spacial score (nSPS) is 43.3. The highest BCUT2D eigenvalue weighted by Crippen LogP contribution is 2.52. The van der Waals surface area contributed by atoms with Crippen LogP contribution >= 0.6 is 0 Å². The summed E-state index contributed by atoms with van der Waals surface area (Å²) in [5, 5.41) is 9.41. The summed E-state index contributed by atoms with van der Waals surface area (Å²) >= 11 is 0. The second kappa shape index (κ2) is 4.07. The highest BCUT2D eigenvalue weighted by molar-refractivity contribution is 5.91. The first-order valence-corrected chi connectivity index (χ1v) is 7.53. The highest BCUT2D eigenvalue weighted by atomic mass is 16.5. The fourth-order valence-corrected chi connectivity index (χ4v) is 4.51. The van der Waals surface area contributed by atoms with Gasteiger partial charge in [0.05, 0.1) is 18.6 Å². The zero-order valence-electron chi connectivity index (χ0n) is 11.3. The van der Waals surface area contributed by atoms with Gasteiger partial charge in [0.25, 0.3) is 0 Å². The minimum atomic E-state index is -0.912. The molecular weight excluding hydrogens is 258 g/mol. The van der Waals surface area contributed by atoms with Crippen molar-refractivity contribution in [1.82, 2.24) is 4.90 Å². The van der Waals surface area contributed by atoms with Gasteiger partial charge in [0.1, 0.15) is 11.5 Å². The quantitative estimate of drug-likeness (QED) is 0.770. The SMILES string of the molecule is O=C(O)[C@@H]1[C@H]2C=C[C@@]3(CN(C4CCCCC4)C(=O)[C@@H]13)O2. The monoisotopic (exact) mass is 277 g/mol. The fraction of sp³-hybridized carbons (Fsp3) is 0.733. The summed E-state index contributed by atoms with van der Waals surface area (Å²) in [6.07, 6.45) is 8.98. The Morgan fingerprint density at radius 2 is 2.10 bits per heavy atom. The van der Waals surface area contributed by atoms with E-state index in [0.29, 0.717) is 6.54 Å². The molecule has 1 saturated carbocycles. The van der Waals surface area contributed by atoms with Crippen LogP contribution in [0.4, 0.5) is 0 Å². The molecule has 3 fully saturated rings. The van der Waals surface area contributed by atoms with Crippen LogP contribution in [-0.2, 0) is 14.3 Å². The van der Waals surface area contributed by atoms with Crippen LogP contribution in [-0.4, -0.2) is 46.2 Å². The van der Waals surface area contributed by atoms with Gasteiger partial charge in [-0.1, -0.05) is 31.4 Å². The van der Waals surface area contributed by atoms with Crippen LogP contribution in [0.2, 0.25) is 0 Å². The van der Waals surface area contributed by atoms with Gasteiger partial charge in [-0.25, -0.2) is 0 Å². The number of likely N-dealkylation sites (tertiary alicyclic amines) is 1. The maximum absolute atomic E-state index is 12.7. The summed E-state index contributed by atoms with van der Waals surface area (Å²) < 4.78 is 5.89. The Labute approximate surface area is 117 Å². The summed E-state index contributed by atoms with van der Waals surface area (Å²) in [7, 11) is 0. The number of nitrogens with zero attached hydrogens (tertiary/aromatic N) is 1. The van der Waals surface area contributed by atoms with Gasteiger partial charge in [-0.05, 0) is 12.8 Å². The molecule has 1 amide bonds. The second-order valence-electron chi connectivity index (χ2n) is 6.50. The molecule has 0 aromatic heterocycles. The maximum Gasteiger partial charge on any atom is 0.310 e. The summed E-state index contributed by atoms with van der Waals surface area (Å²) in [6.45, 7) is 0.540. The Morgan fingerprint density at radius 1 is 1.35 bits per heavy atom. The number of carboxylic acid groups (broad SMARTS) is 1. The van der Waals surface area contributed by atoms with Crippen LogP contribution in [0.5, 0.6) is 0 Å². The van der Waals surface area contributed by atoms with Gasteiger partial charge in [0.2, 0.25) is 5.91 Å². The van der Waals surface area contributed by atoms with E-state index < -0.39 is 29.5 Å². The van der Waals surface area contributed by atoms with Crippen LogP contribution in [0.1, 0.15) is 32.1 Å². The zero-order valence-corrected chi connectivity index (χ0v) is 11.3. The molecule has 1 aliphatic carbocycles. The molecule has 4 aliphatic rings. The molecule has 2 saturated heterocycles. The molecule has 0 unspecified atom stereocenters. The van der Waals surface area contributed by atoms with Gasteiger partial charge >= 0.3 is 5.97 Å². The van der Waals surface area contributed by atoms with Gasteiger partial charge in [0.15, 0.2) is 0 Å². The van der Waals surface area contributed by atoms with Gasteiger partial charge in [-0.2, -0.15) is 0 Å². The molecule has 0 aromatic carbocycles. The van der Waals surface area contributed by atoms with Gasteiger partial charge < -0.3 is 14.7 Å². The van der Waals surface area contributed by atoms with Crippen LogP contribution in [0.3, 0.4) is 0 Å². The third-order valence-corrected chi connectivity index (χ3v) is 5.43. The number of aliphatic carboxylic acids is 1. The van der Waals surface area contributed by atoms with Crippen LogP contribution in [0.25, 0.3) is 0 Å². The number of ether oxygens (including phenoxy) is 1. The van der Waals surface area contributed by atoms with Crippen molar-refractivity contribution in [2.75, 3.05) is 6.54 Å². The Kier molecular flexibility index (Phi) is 2.52. The van der Waals surface area contributed by atoms with Gasteiger partial charge in [-0.15, -0.1) is 0 Å². The average Bonchev–Trinajstić information content (AvgIpc) is 3.08. The number of hydrogen-bond acceptors (Lipinski definition) is 3. The number of carbonyl (C=O) groups is 2. The topological polar surface area (TPSA) is 66.8 Å². The van der Waals surface area contributed by atoms with Crippen LogP contribution < -0.4 is 0 Å². The molecule has 0 radical (unpaired) electrons. The maximum atomic E-state index is 12.7. The smallest absolute Gasteiger partial charge is 0.310 e. The summed E-state index contributed by atoms with van der Waals surface area (Å²) in [5.74, 6) is -2.14. The van der Waals surface area contributed by atoms with E-state index in [1.807, 2.05) is 17.1 Å². The Morgan fingerprint density at radius 3 is 2.80 bits per heavy atom. The van der Waals surface area contributed by atoms with Crippen molar-refractivity contribution in [2.45, 2.75) is 49.9 Å². The third-order valence-electron chi connectivity index (χ3n) is 5.43. The number of carboxylic acids is 1. The molecule has 108 valence electrons. The number of hydrogen-bond donors (Lipinski definition) is 1. The van der Waals surface area contributed by atoms with Crippen LogP contribution in [0.15, 0.2) is 12.2 Å². The molecule has 5 heteroatoms. The lowest BCUT2D eigenvalue weighted by Crippen LogP contribution is -2.42. The van der Waals surface area contributed by atoms with E-state index in [-0.39, 0.29) is 11.9 Å². The molecule has 1 spiro atoms. The van der Waals surface area contributed by atoms with Gasteiger partial charge in [0, 0.05) is 6.04 Å². The Hall–Kier alpha value is -1.36. The lowest BCUT2D eigenvalue weighted by atomic mass is 9.77. The number of carbonyl (C=O) groups excluding carboxylic acids is 1. The van der Waals surface area contributed by atoms with Crippen molar-refractivity contribution >= 4 is 11.9 Å². The second-order valence-corrected chi connectivity index (χ2v) is 6.50. The molecule has 0 aromatic rings. The van der Waals surface area contributed by atoms with Crippen molar-refractivity contribution in [3.05, 3.63) is 12.2 Å². The first-order valence-electron chi connectivity index (χ1n) is 7.53. The minimum absolute atomic E-state index is 0.00356. The van der Waals surface area contributed by atoms with Crippen molar-refractivity contribution in [1.29, 1.82) is 0 Å². The molecule has 1 N–H and O–H groups in total. The van der Waals surface area contributed by atoms with Crippen molar-refractivity contribution in [3.63, 3.8) is 0 Å². The van der Waals surface area contributed by atoms with Crippen molar-refractivity contribution in [2.24, 2.45) is 11.8 Å². The Bertz CT molecular complexity index is 496. The van der Waals surface area contributed by atoms with E-state index in [9.17, 15) is 14.7 Å². The molecule has 5 nitrogen and oxygen atoms in total. The number of rotatable bonds is 2. The molecule has 2 bridgehead atoms. The van der Waals surface area contributed by atoms with Crippen molar-refractivity contribution < 1.29 is 19.4 Å². The number of amides is 1. The summed E-state index contributed by atoms with van der Waals surface area (Å²) in [5.41, 5.74) is -0.664. The lowest BCUT2D eigenvalue weighted by Gasteiger charge is -2.32. The first kappa shape index (κ1) is 12.4. The lowest BCUT2D eigenvalue weighted by molar-refractivity contribution is -0.148. The standard InChI is InChI=1S/C15H19NO4/c17-13-12-11(14(18)19)10-6-7-15(12,20-10)8-16(13)9-4-2-1-3-5-9/h6-7,9-12H,1-5,8H2,(H,18,19)/t10-,11-,12-,15+/m1/s1. The van der Waals surface area contributed by atoms with Gasteiger partial charge in [-0.3, -0.25) is 9.59 Å². The average molecular weight is 277 g/mol.